The minimum atomic E-state index is -5.08. The van der Waals surface area contributed by atoms with Crippen molar-refractivity contribution in [3.8, 4) is 11.5 Å². The number of benzene rings is 2. The van der Waals surface area contributed by atoms with Gasteiger partial charge in [-0.15, -0.1) is 0 Å². The number of rotatable bonds is 6. The molecule has 0 bridgehead atoms. The van der Waals surface area contributed by atoms with Crippen LogP contribution in [0.1, 0.15) is 34.3 Å². The van der Waals surface area contributed by atoms with Gasteiger partial charge in [0.25, 0.3) is 0 Å². The van der Waals surface area contributed by atoms with Crippen molar-refractivity contribution in [1.29, 1.82) is 0 Å². The zero-order chi connectivity index (χ0) is 26.1. The van der Waals surface area contributed by atoms with Crippen molar-refractivity contribution >= 4 is 29.2 Å². The molecule has 0 aliphatic rings. The number of aromatic nitrogens is 1. The van der Waals surface area contributed by atoms with E-state index in [4.69, 9.17) is 27.9 Å². The summed E-state index contributed by atoms with van der Waals surface area (Å²) in [5.74, 6) is -1.74. The SMILES string of the molecule is COC(=O)c1ccc(Oc2ccc([C@@H](C)[C@@](O)(c3ccc(=O)n(C)c3)C(F)(F)F)c(Cl)c2)cc1Cl. The van der Waals surface area contributed by atoms with E-state index in [1.54, 1.807) is 0 Å². The van der Waals surface area contributed by atoms with Gasteiger partial charge in [-0.2, -0.15) is 13.2 Å². The number of carbonyl (C=O) groups excluding carboxylic acids is 1. The number of nitrogens with zero attached hydrogens (tertiary/aromatic N) is 1. The third-order valence-electron chi connectivity index (χ3n) is 5.60. The van der Waals surface area contributed by atoms with Crippen LogP contribution in [0.3, 0.4) is 0 Å². The minimum Gasteiger partial charge on any atom is -0.465 e. The van der Waals surface area contributed by atoms with Crippen LogP contribution in [-0.4, -0.2) is 28.9 Å². The first-order chi connectivity index (χ1) is 16.3. The van der Waals surface area contributed by atoms with E-state index in [2.05, 4.69) is 4.74 Å². The summed E-state index contributed by atoms with van der Waals surface area (Å²) in [5, 5.41) is 10.9. The number of esters is 1. The first-order valence-corrected chi connectivity index (χ1v) is 10.9. The molecule has 0 saturated heterocycles. The van der Waals surface area contributed by atoms with Crippen molar-refractivity contribution in [3.63, 3.8) is 0 Å². The van der Waals surface area contributed by atoms with Gasteiger partial charge in [-0.1, -0.05) is 36.2 Å². The molecule has 2 aromatic carbocycles. The van der Waals surface area contributed by atoms with Crippen LogP contribution in [-0.2, 0) is 17.4 Å². The summed E-state index contributed by atoms with van der Waals surface area (Å²) >= 11 is 12.4. The average molecular weight is 530 g/mol. The molecule has 35 heavy (non-hydrogen) atoms. The van der Waals surface area contributed by atoms with Crippen LogP contribution in [0.4, 0.5) is 13.2 Å². The third kappa shape index (κ3) is 5.17. The highest BCUT2D eigenvalue weighted by Crippen LogP contribution is 2.50. The normalized spacial score (nSPS) is 14.2. The zero-order valence-corrected chi connectivity index (χ0v) is 20.2. The van der Waals surface area contributed by atoms with Crippen LogP contribution in [0.25, 0.3) is 0 Å². The molecule has 0 aliphatic heterocycles. The van der Waals surface area contributed by atoms with Crippen molar-refractivity contribution in [1.82, 2.24) is 4.57 Å². The molecule has 2 atom stereocenters. The second-order valence-corrected chi connectivity index (χ2v) is 8.59. The summed E-state index contributed by atoms with van der Waals surface area (Å²) in [6.07, 6.45) is -4.14. The molecule has 1 heterocycles. The van der Waals surface area contributed by atoms with Gasteiger partial charge in [-0.3, -0.25) is 4.79 Å². The number of pyridine rings is 1. The van der Waals surface area contributed by atoms with Crippen LogP contribution in [0.15, 0.2) is 59.5 Å². The molecule has 1 N–H and O–H groups in total. The third-order valence-corrected chi connectivity index (χ3v) is 6.24. The first kappa shape index (κ1) is 26.6. The number of alkyl halides is 3. The molecule has 0 radical (unpaired) electrons. The largest absolute Gasteiger partial charge is 0.465 e. The standard InChI is InChI=1S/C24H20Cl2F3NO5/c1-13(23(33,24(27,28)29)14-4-9-21(31)30(2)12-14)17-7-5-15(10-19(17)25)35-16-6-8-18(20(26)11-16)22(32)34-3/h4-13,33H,1-3H3/t13-,23-/m1/s1. The summed E-state index contributed by atoms with van der Waals surface area (Å²) in [5.41, 5.74) is -4.22. The van der Waals surface area contributed by atoms with Gasteiger partial charge in [-0.05, 0) is 35.9 Å². The highest BCUT2D eigenvalue weighted by atomic mass is 35.5. The molecule has 186 valence electrons. The van der Waals surface area contributed by atoms with E-state index in [1.165, 1.54) is 57.5 Å². The van der Waals surface area contributed by atoms with Gasteiger partial charge in [0.05, 0.1) is 17.7 Å². The van der Waals surface area contributed by atoms with Gasteiger partial charge in [0, 0.05) is 41.9 Å². The molecule has 0 saturated carbocycles. The zero-order valence-electron chi connectivity index (χ0n) is 18.7. The Morgan fingerprint density at radius 1 is 1.03 bits per heavy atom. The lowest BCUT2D eigenvalue weighted by molar-refractivity contribution is -0.274. The summed E-state index contributed by atoms with van der Waals surface area (Å²) < 4.78 is 53.7. The number of halogens is 5. The minimum absolute atomic E-state index is 0.00627. The van der Waals surface area contributed by atoms with Crippen molar-refractivity contribution in [2.75, 3.05) is 7.11 Å². The molecule has 0 amide bonds. The van der Waals surface area contributed by atoms with Crippen LogP contribution < -0.4 is 10.3 Å². The lowest BCUT2D eigenvalue weighted by atomic mass is 9.78. The smallest absolute Gasteiger partial charge is 0.422 e. The predicted molar refractivity (Wildman–Crippen MR) is 124 cm³/mol. The number of hydrogen-bond acceptors (Lipinski definition) is 5. The van der Waals surface area contributed by atoms with E-state index in [1.807, 2.05) is 0 Å². The average Bonchev–Trinajstić information content (AvgIpc) is 2.79. The molecule has 3 aromatic rings. The van der Waals surface area contributed by atoms with Crippen LogP contribution >= 0.6 is 23.2 Å². The lowest BCUT2D eigenvalue weighted by Crippen LogP contribution is -2.47. The Kier molecular flexibility index (Phi) is 7.54. The van der Waals surface area contributed by atoms with Crippen molar-refractivity contribution in [2.24, 2.45) is 7.05 Å². The number of aryl methyl sites for hydroxylation is 1. The molecule has 0 aliphatic carbocycles. The van der Waals surface area contributed by atoms with Crippen molar-refractivity contribution in [3.05, 3.63) is 91.8 Å². The van der Waals surface area contributed by atoms with Crippen LogP contribution in [0.5, 0.6) is 11.5 Å². The molecule has 1 aromatic heterocycles. The van der Waals surface area contributed by atoms with Gasteiger partial charge in [0.2, 0.25) is 5.56 Å². The van der Waals surface area contributed by atoms with Gasteiger partial charge < -0.3 is 19.1 Å². The van der Waals surface area contributed by atoms with Gasteiger partial charge in [0.15, 0.2) is 5.60 Å². The Morgan fingerprint density at radius 3 is 2.14 bits per heavy atom. The molecular formula is C24H20Cl2F3NO5. The quantitative estimate of drug-likeness (QED) is 0.407. The summed E-state index contributed by atoms with van der Waals surface area (Å²) in [6, 6.07) is 10.1. The van der Waals surface area contributed by atoms with Crippen LogP contribution in [0, 0.1) is 0 Å². The predicted octanol–water partition coefficient (Wildman–Crippen LogP) is 5.82. The second-order valence-electron chi connectivity index (χ2n) is 7.77. The highest BCUT2D eigenvalue weighted by molar-refractivity contribution is 6.33. The number of carbonyl (C=O) groups is 1. The maximum absolute atomic E-state index is 14.2. The monoisotopic (exact) mass is 529 g/mol. The van der Waals surface area contributed by atoms with Crippen LogP contribution in [0.2, 0.25) is 10.0 Å². The molecule has 0 fully saturated rings. The number of ether oxygens (including phenoxy) is 2. The van der Waals surface area contributed by atoms with E-state index < -0.39 is 34.8 Å². The second kappa shape index (κ2) is 9.93. The fourth-order valence-electron chi connectivity index (χ4n) is 3.60. The molecule has 0 spiro atoms. The summed E-state index contributed by atoms with van der Waals surface area (Å²) in [6.45, 7) is 1.19. The van der Waals surface area contributed by atoms with E-state index in [-0.39, 0.29) is 32.7 Å². The molecule has 0 unspecified atom stereocenters. The Labute approximate surface area is 208 Å². The summed E-state index contributed by atoms with van der Waals surface area (Å²) in [4.78, 5) is 23.3. The van der Waals surface area contributed by atoms with Gasteiger partial charge >= 0.3 is 12.1 Å². The highest BCUT2D eigenvalue weighted by Gasteiger charge is 2.59. The molecule has 3 rings (SSSR count). The van der Waals surface area contributed by atoms with E-state index >= 15 is 0 Å². The Bertz CT molecular complexity index is 1330. The maximum atomic E-state index is 14.2. The molecular weight excluding hydrogens is 510 g/mol. The van der Waals surface area contributed by atoms with E-state index in [9.17, 15) is 27.9 Å². The maximum Gasteiger partial charge on any atom is 0.422 e. The van der Waals surface area contributed by atoms with Gasteiger partial charge in [0.1, 0.15) is 11.5 Å². The van der Waals surface area contributed by atoms with Gasteiger partial charge in [-0.25, -0.2) is 4.79 Å². The Balaban J connectivity index is 1.95. The Morgan fingerprint density at radius 2 is 1.63 bits per heavy atom. The van der Waals surface area contributed by atoms with Crippen molar-refractivity contribution < 1.29 is 32.5 Å². The Hall–Kier alpha value is -3.01. The molecule has 6 nitrogen and oxygen atoms in total. The molecule has 11 heteroatoms. The lowest BCUT2D eigenvalue weighted by Gasteiger charge is -2.37. The topological polar surface area (TPSA) is 77.8 Å². The van der Waals surface area contributed by atoms with E-state index in [0.29, 0.717) is 0 Å². The fourth-order valence-corrected chi connectivity index (χ4v) is 4.18. The summed E-state index contributed by atoms with van der Waals surface area (Å²) in [7, 11) is 2.50. The van der Waals surface area contributed by atoms with Crippen molar-refractivity contribution in [2.45, 2.75) is 24.6 Å². The van der Waals surface area contributed by atoms with E-state index in [0.717, 1.165) is 22.9 Å². The fraction of sp³-hybridized carbons (Fsp3) is 0.250. The first-order valence-electron chi connectivity index (χ1n) is 10.1. The number of methoxy groups -OCH3 is 1. The number of aliphatic hydroxyl groups is 1. The number of hydrogen-bond donors (Lipinski definition) is 1.